The molecule has 1 atom stereocenters. The summed E-state index contributed by atoms with van der Waals surface area (Å²) in [7, 11) is 0. The smallest absolute Gasteiger partial charge is 0.119 e. The molecule has 0 saturated carbocycles. The fourth-order valence-electron chi connectivity index (χ4n) is 2.09. The average molecular weight is 267 g/mol. The van der Waals surface area contributed by atoms with Gasteiger partial charge >= 0.3 is 0 Å². The van der Waals surface area contributed by atoms with Crippen LogP contribution in [0.3, 0.4) is 0 Å². The normalized spacial score (nSPS) is 13.3. The molecule has 0 amide bonds. The first kappa shape index (κ1) is 14.1. The minimum Gasteiger partial charge on any atom is -0.494 e. The van der Waals surface area contributed by atoms with Gasteiger partial charge in [-0.15, -0.1) is 0 Å². The van der Waals surface area contributed by atoms with E-state index in [1.807, 2.05) is 31.2 Å². The molecule has 1 N–H and O–H groups in total. The summed E-state index contributed by atoms with van der Waals surface area (Å²) in [5.74, 6) is 0.735. The summed E-state index contributed by atoms with van der Waals surface area (Å²) >= 11 is 0. The molecular weight excluding hydrogens is 250 g/mol. The zero-order valence-corrected chi connectivity index (χ0v) is 11.6. The van der Waals surface area contributed by atoms with Crippen molar-refractivity contribution in [2.75, 3.05) is 6.61 Å². The molecular formula is C17H17NO2. The van der Waals surface area contributed by atoms with Gasteiger partial charge < -0.3 is 9.84 Å². The molecule has 0 fully saturated rings. The van der Waals surface area contributed by atoms with Gasteiger partial charge in [-0.05, 0) is 49.2 Å². The van der Waals surface area contributed by atoms with E-state index in [4.69, 9.17) is 10.00 Å². The van der Waals surface area contributed by atoms with E-state index in [2.05, 4.69) is 6.07 Å². The van der Waals surface area contributed by atoms with Crippen molar-refractivity contribution in [3.8, 4) is 11.8 Å². The van der Waals surface area contributed by atoms with Crippen LogP contribution in [-0.2, 0) is 5.60 Å². The number of rotatable bonds is 4. The monoisotopic (exact) mass is 267 g/mol. The van der Waals surface area contributed by atoms with E-state index in [0.717, 1.165) is 16.9 Å². The minimum atomic E-state index is -1.12. The van der Waals surface area contributed by atoms with E-state index < -0.39 is 5.60 Å². The number of ether oxygens (including phenoxy) is 1. The Balaban J connectivity index is 2.37. The molecule has 0 saturated heterocycles. The minimum absolute atomic E-state index is 0.576. The van der Waals surface area contributed by atoms with Gasteiger partial charge in [0.2, 0.25) is 0 Å². The fraction of sp³-hybridized carbons (Fsp3) is 0.235. The quantitative estimate of drug-likeness (QED) is 0.925. The summed E-state index contributed by atoms with van der Waals surface area (Å²) in [6.07, 6.45) is 0. The Hall–Kier alpha value is -2.31. The van der Waals surface area contributed by atoms with Gasteiger partial charge in [0.15, 0.2) is 0 Å². The predicted octanol–water partition coefficient (Wildman–Crippen LogP) is 3.21. The third-order valence-corrected chi connectivity index (χ3v) is 3.28. The predicted molar refractivity (Wildman–Crippen MR) is 77.4 cm³/mol. The summed E-state index contributed by atoms with van der Waals surface area (Å²) in [5, 5.41) is 19.6. The second kappa shape index (κ2) is 5.77. The lowest BCUT2D eigenvalue weighted by Crippen LogP contribution is -2.22. The van der Waals surface area contributed by atoms with Crippen LogP contribution < -0.4 is 4.74 Å². The Morgan fingerprint density at radius 1 is 1.15 bits per heavy atom. The number of hydrogen-bond donors (Lipinski definition) is 1. The molecule has 1 unspecified atom stereocenters. The standard InChI is InChI=1S/C17H17NO2/c1-3-20-16-6-4-5-15(11-16)17(2,19)14-9-7-13(12-18)8-10-14/h4-11,19H,3H2,1-2H3. The van der Waals surface area contributed by atoms with Crippen molar-refractivity contribution in [3.05, 3.63) is 65.2 Å². The van der Waals surface area contributed by atoms with E-state index in [9.17, 15) is 5.11 Å². The van der Waals surface area contributed by atoms with Gasteiger partial charge in [-0.1, -0.05) is 24.3 Å². The van der Waals surface area contributed by atoms with Crippen LogP contribution in [0.5, 0.6) is 5.75 Å². The molecule has 0 heterocycles. The summed E-state index contributed by atoms with van der Waals surface area (Å²) in [5.41, 5.74) is 0.951. The highest BCUT2D eigenvalue weighted by molar-refractivity contribution is 5.41. The van der Waals surface area contributed by atoms with E-state index >= 15 is 0 Å². The number of aliphatic hydroxyl groups is 1. The largest absolute Gasteiger partial charge is 0.494 e. The van der Waals surface area contributed by atoms with E-state index in [-0.39, 0.29) is 0 Å². The Kier molecular flexibility index (Phi) is 4.07. The van der Waals surface area contributed by atoms with E-state index in [1.165, 1.54) is 0 Å². The first-order chi connectivity index (χ1) is 9.57. The first-order valence-electron chi connectivity index (χ1n) is 6.54. The maximum Gasteiger partial charge on any atom is 0.119 e. The van der Waals surface area contributed by atoms with Crippen LogP contribution >= 0.6 is 0 Å². The van der Waals surface area contributed by atoms with Gasteiger partial charge in [-0.25, -0.2) is 0 Å². The number of benzene rings is 2. The zero-order valence-electron chi connectivity index (χ0n) is 11.6. The van der Waals surface area contributed by atoms with Crippen molar-refractivity contribution in [3.63, 3.8) is 0 Å². The summed E-state index contributed by atoms with van der Waals surface area (Å²) in [4.78, 5) is 0. The number of nitrogens with zero attached hydrogens (tertiary/aromatic N) is 1. The Bertz CT molecular complexity index is 624. The summed E-state index contributed by atoms with van der Waals surface area (Å²) < 4.78 is 5.46. The second-order valence-corrected chi connectivity index (χ2v) is 4.72. The molecule has 2 rings (SSSR count). The molecule has 0 aliphatic rings. The second-order valence-electron chi connectivity index (χ2n) is 4.72. The molecule has 3 heteroatoms. The van der Waals surface area contributed by atoms with Crippen LogP contribution in [0, 0.1) is 11.3 Å². The van der Waals surface area contributed by atoms with Crippen LogP contribution in [0.1, 0.15) is 30.5 Å². The zero-order chi connectivity index (χ0) is 14.6. The third kappa shape index (κ3) is 2.81. The van der Waals surface area contributed by atoms with Crippen molar-refractivity contribution >= 4 is 0 Å². The van der Waals surface area contributed by atoms with Crippen molar-refractivity contribution in [1.29, 1.82) is 5.26 Å². The van der Waals surface area contributed by atoms with Gasteiger partial charge in [-0.2, -0.15) is 5.26 Å². The van der Waals surface area contributed by atoms with Crippen molar-refractivity contribution in [2.24, 2.45) is 0 Å². The van der Waals surface area contributed by atoms with Gasteiger partial charge in [-0.3, -0.25) is 0 Å². The molecule has 0 aromatic heterocycles. The molecule has 102 valence electrons. The highest BCUT2D eigenvalue weighted by atomic mass is 16.5. The lowest BCUT2D eigenvalue weighted by molar-refractivity contribution is 0.102. The lowest BCUT2D eigenvalue weighted by Gasteiger charge is -2.25. The SMILES string of the molecule is CCOc1cccc(C(C)(O)c2ccc(C#N)cc2)c1. The molecule has 2 aromatic rings. The Morgan fingerprint density at radius 2 is 1.85 bits per heavy atom. The van der Waals surface area contributed by atoms with Gasteiger partial charge in [0.05, 0.1) is 18.2 Å². The number of hydrogen-bond acceptors (Lipinski definition) is 3. The van der Waals surface area contributed by atoms with Gasteiger partial charge in [0, 0.05) is 0 Å². The first-order valence-corrected chi connectivity index (χ1v) is 6.54. The van der Waals surface area contributed by atoms with Gasteiger partial charge in [0.1, 0.15) is 11.4 Å². The van der Waals surface area contributed by atoms with E-state index in [1.54, 1.807) is 31.2 Å². The van der Waals surface area contributed by atoms with Crippen LogP contribution in [0.2, 0.25) is 0 Å². The van der Waals surface area contributed by atoms with Crippen LogP contribution in [-0.4, -0.2) is 11.7 Å². The third-order valence-electron chi connectivity index (χ3n) is 3.28. The number of nitriles is 1. The molecule has 0 radical (unpaired) electrons. The summed E-state index contributed by atoms with van der Waals surface area (Å²) in [6.45, 7) is 4.24. The summed E-state index contributed by atoms with van der Waals surface area (Å²) in [6, 6.07) is 16.4. The maximum atomic E-state index is 10.8. The molecule has 0 bridgehead atoms. The van der Waals surface area contributed by atoms with Crippen LogP contribution in [0.25, 0.3) is 0 Å². The Morgan fingerprint density at radius 3 is 2.45 bits per heavy atom. The molecule has 0 aliphatic heterocycles. The van der Waals surface area contributed by atoms with Crippen LogP contribution in [0.4, 0.5) is 0 Å². The van der Waals surface area contributed by atoms with E-state index in [0.29, 0.717) is 12.2 Å². The molecule has 0 aliphatic carbocycles. The molecule has 0 spiro atoms. The molecule has 20 heavy (non-hydrogen) atoms. The van der Waals surface area contributed by atoms with Crippen LogP contribution in [0.15, 0.2) is 48.5 Å². The maximum absolute atomic E-state index is 10.8. The highest BCUT2D eigenvalue weighted by Gasteiger charge is 2.25. The van der Waals surface area contributed by atoms with Crippen molar-refractivity contribution in [2.45, 2.75) is 19.4 Å². The average Bonchev–Trinajstić information content (AvgIpc) is 2.48. The lowest BCUT2D eigenvalue weighted by atomic mass is 9.88. The van der Waals surface area contributed by atoms with Crippen molar-refractivity contribution in [1.82, 2.24) is 0 Å². The highest BCUT2D eigenvalue weighted by Crippen LogP contribution is 2.31. The molecule has 2 aromatic carbocycles. The topological polar surface area (TPSA) is 53.2 Å². The fourth-order valence-corrected chi connectivity index (χ4v) is 2.09. The Labute approximate surface area is 119 Å². The van der Waals surface area contributed by atoms with Crippen molar-refractivity contribution < 1.29 is 9.84 Å². The molecule has 3 nitrogen and oxygen atoms in total. The van der Waals surface area contributed by atoms with Gasteiger partial charge in [0.25, 0.3) is 0 Å².